The van der Waals surface area contributed by atoms with E-state index in [4.69, 9.17) is 5.73 Å². The highest BCUT2D eigenvalue weighted by atomic mass is 35.5. The number of carbonyl (C=O) groups excluding carboxylic acids is 1. The smallest absolute Gasteiger partial charge is 0.230 e. The zero-order chi connectivity index (χ0) is 15.4. The van der Waals surface area contributed by atoms with Gasteiger partial charge in [-0.25, -0.2) is 4.98 Å². The van der Waals surface area contributed by atoms with Gasteiger partial charge in [0.2, 0.25) is 5.91 Å². The van der Waals surface area contributed by atoms with E-state index in [0.29, 0.717) is 11.7 Å². The molecule has 0 radical (unpaired) electrons. The van der Waals surface area contributed by atoms with Gasteiger partial charge in [0, 0.05) is 23.8 Å². The number of nitrogens with one attached hydrogen (secondary N) is 1. The molecule has 1 aromatic heterocycles. The molecule has 0 aliphatic rings. The molecule has 120 valence electrons. The quantitative estimate of drug-likeness (QED) is 0.878. The lowest BCUT2D eigenvalue weighted by Crippen LogP contribution is -2.26. The van der Waals surface area contributed by atoms with E-state index < -0.39 is 0 Å². The molecule has 2 aromatic rings. The Balaban J connectivity index is 0.00000242. The zero-order valence-electron chi connectivity index (χ0n) is 13.1. The van der Waals surface area contributed by atoms with Crippen LogP contribution in [0.2, 0.25) is 0 Å². The van der Waals surface area contributed by atoms with Gasteiger partial charge in [0.15, 0.2) is 5.13 Å². The van der Waals surface area contributed by atoms with Crippen molar-refractivity contribution in [2.45, 2.75) is 27.2 Å². The van der Waals surface area contributed by atoms with Crippen molar-refractivity contribution < 1.29 is 4.79 Å². The second-order valence-corrected chi connectivity index (χ2v) is 6.40. The Bertz CT molecular complexity index is 625. The van der Waals surface area contributed by atoms with Crippen LogP contribution in [0.25, 0.3) is 0 Å². The van der Waals surface area contributed by atoms with Crippen molar-refractivity contribution in [1.82, 2.24) is 4.98 Å². The van der Waals surface area contributed by atoms with E-state index in [2.05, 4.69) is 41.5 Å². The lowest BCUT2D eigenvalue weighted by atomic mass is 10.1. The van der Waals surface area contributed by atoms with Gasteiger partial charge in [-0.3, -0.25) is 4.79 Å². The fourth-order valence-corrected chi connectivity index (χ4v) is 2.87. The van der Waals surface area contributed by atoms with Crippen LogP contribution < -0.4 is 11.1 Å². The van der Waals surface area contributed by atoms with Gasteiger partial charge in [0.25, 0.3) is 0 Å². The molecule has 1 amide bonds. The fraction of sp³-hybridized carbons (Fsp3) is 0.375. The summed E-state index contributed by atoms with van der Waals surface area (Å²) < 4.78 is 0. The largest absolute Gasteiger partial charge is 0.330 e. The molecule has 2 rings (SSSR count). The monoisotopic (exact) mass is 339 g/mol. The third kappa shape index (κ3) is 4.80. The Hall–Kier alpha value is -1.43. The second kappa shape index (κ2) is 8.27. The van der Waals surface area contributed by atoms with E-state index >= 15 is 0 Å². The minimum atomic E-state index is -0.199. The minimum Gasteiger partial charge on any atom is -0.330 e. The number of aryl methyl sites for hydroxylation is 2. The van der Waals surface area contributed by atoms with Crippen LogP contribution in [0.3, 0.4) is 0 Å². The maximum atomic E-state index is 11.8. The summed E-state index contributed by atoms with van der Waals surface area (Å²) in [7, 11) is 0. The number of halogens is 1. The number of nitrogens with zero attached hydrogens (tertiary/aromatic N) is 1. The minimum absolute atomic E-state index is 0. The number of hydrogen-bond acceptors (Lipinski definition) is 4. The molecule has 0 bridgehead atoms. The van der Waals surface area contributed by atoms with Crippen molar-refractivity contribution in [1.29, 1.82) is 0 Å². The summed E-state index contributed by atoms with van der Waals surface area (Å²) in [5.74, 6) is -0.275. The summed E-state index contributed by atoms with van der Waals surface area (Å²) in [6, 6.07) is 8.47. The van der Waals surface area contributed by atoms with Crippen LogP contribution in [0.4, 0.5) is 5.13 Å². The lowest BCUT2D eigenvalue weighted by Gasteiger charge is -2.06. The number of anilines is 1. The summed E-state index contributed by atoms with van der Waals surface area (Å²) >= 11 is 1.53. The van der Waals surface area contributed by atoms with Crippen LogP contribution in [0, 0.1) is 19.8 Å². The number of nitrogens with two attached hydrogens (primary N) is 1. The number of carbonyl (C=O) groups is 1. The van der Waals surface area contributed by atoms with Crippen molar-refractivity contribution in [3.63, 3.8) is 0 Å². The molecule has 3 N–H and O–H groups in total. The molecule has 6 heteroatoms. The van der Waals surface area contributed by atoms with Gasteiger partial charge in [-0.15, -0.1) is 23.7 Å². The first-order chi connectivity index (χ1) is 9.99. The van der Waals surface area contributed by atoms with Crippen LogP contribution in [0.15, 0.2) is 24.3 Å². The predicted molar refractivity (Wildman–Crippen MR) is 94.9 cm³/mol. The summed E-state index contributed by atoms with van der Waals surface area (Å²) in [6.07, 6.45) is 0.839. The molecule has 1 aromatic carbocycles. The highest BCUT2D eigenvalue weighted by Gasteiger charge is 2.14. The van der Waals surface area contributed by atoms with Crippen LogP contribution in [0.1, 0.15) is 28.6 Å². The zero-order valence-corrected chi connectivity index (χ0v) is 14.7. The van der Waals surface area contributed by atoms with Crippen molar-refractivity contribution in [3.05, 3.63) is 46.0 Å². The molecule has 4 nitrogen and oxygen atoms in total. The molecule has 0 saturated heterocycles. The Morgan fingerprint density at radius 3 is 2.55 bits per heavy atom. The van der Waals surface area contributed by atoms with E-state index in [0.717, 1.165) is 12.1 Å². The highest BCUT2D eigenvalue weighted by Crippen LogP contribution is 2.25. The molecule has 0 aliphatic heterocycles. The van der Waals surface area contributed by atoms with Crippen molar-refractivity contribution in [3.8, 4) is 0 Å². The fourth-order valence-electron chi connectivity index (χ4n) is 1.87. The molecule has 0 aliphatic carbocycles. The second-order valence-electron chi connectivity index (χ2n) is 5.32. The van der Waals surface area contributed by atoms with Crippen molar-refractivity contribution >= 4 is 34.8 Å². The number of benzene rings is 1. The van der Waals surface area contributed by atoms with E-state index in [-0.39, 0.29) is 24.2 Å². The predicted octanol–water partition coefficient (Wildman–Crippen LogP) is 3.31. The molecule has 1 atom stereocenters. The van der Waals surface area contributed by atoms with E-state index in [1.807, 2.05) is 13.8 Å². The number of aromatic nitrogens is 1. The van der Waals surface area contributed by atoms with Gasteiger partial charge in [-0.2, -0.15) is 0 Å². The number of thiazole rings is 1. The average molecular weight is 340 g/mol. The average Bonchev–Trinajstić information content (AvgIpc) is 2.80. The van der Waals surface area contributed by atoms with E-state index in [1.54, 1.807) is 0 Å². The Labute approximate surface area is 141 Å². The van der Waals surface area contributed by atoms with Gasteiger partial charge < -0.3 is 11.1 Å². The normalized spacial score (nSPS) is 11.6. The van der Waals surface area contributed by atoms with Crippen molar-refractivity contribution in [2.24, 2.45) is 11.7 Å². The molecular formula is C16H22ClN3OS. The molecule has 22 heavy (non-hydrogen) atoms. The summed E-state index contributed by atoms with van der Waals surface area (Å²) in [6.45, 7) is 6.20. The SMILES string of the molecule is Cc1ccc(Cc2sc(NC(=O)C(C)CN)nc2C)cc1.Cl. The van der Waals surface area contributed by atoms with Crippen LogP contribution in [-0.4, -0.2) is 17.4 Å². The van der Waals surface area contributed by atoms with Crippen LogP contribution in [0.5, 0.6) is 0 Å². The van der Waals surface area contributed by atoms with Gasteiger partial charge in [0.05, 0.1) is 5.69 Å². The number of amides is 1. The van der Waals surface area contributed by atoms with Gasteiger partial charge in [-0.1, -0.05) is 36.8 Å². The molecule has 1 unspecified atom stereocenters. The molecular weight excluding hydrogens is 318 g/mol. The third-order valence-corrected chi connectivity index (χ3v) is 4.48. The molecule has 0 spiro atoms. The third-order valence-electron chi connectivity index (χ3n) is 3.41. The molecule has 0 saturated carbocycles. The van der Waals surface area contributed by atoms with Crippen LogP contribution in [-0.2, 0) is 11.2 Å². The first-order valence-electron chi connectivity index (χ1n) is 7.02. The van der Waals surface area contributed by atoms with Gasteiger partial charge in [0.1, 0.15) is 0 Å². The lowest BCUT2D eigenvalue weighted by molar-refractivity contribution is -0.119. The number of rotatable bonds is 5. The first-order valence-corrected chi connectivity index (χ1v) is 7.84. The molecule has 1 heterocycles. The summed E-state index contributed by atoms with van der Waals surface area (Å²) in [5, 5.41) is 3.49. The molecule has 0 fully saturated rings. The number of hydrogen-bond donors (Lipinski definition) is 2. The van der Waals surface area contributed by atoms with Gasteiger partial charge in [-0.05, 0) is 19.4 Å². The topological polar surface area (TPSA) is 68.0 Å². The van der Waals surface area contributed by atoms with Gasteiger partial charge >= 0.3 is 0 Å². The maximum Gasteiger partial charge on any atom is 0.230 e. The standard InChI is InChI=1S/C16H21N3OS.ClH/c1-10-4-6-13(7-5-10)8-14-12(3)18-16(21-14)19-15(20)11(2)9-17;/h4-7,11H,8-9,17H2,1-3H3,(H,18,19,20);1H. The Morgan fingerprint density at radius 1 is 1.32 bits per heavy atom. The Morgan fingerprint density at radius 2 is 1.95 bits per heavy atom. The van der Waals surface area contributed by atoms with E-state index in [1.165, 1.54) is 27.3 Å². The first kappa shape index (κ1) is 18.6. The highest BCUT2D eigenvalue weighted by molar-refractivity contribution is 7.15. The van der Waals surface area contributed by atoms with Crippen LogP contribution >= 0.6 is 23.7 Å². The Kier molecular flexibility index (Phi) is 7.00. The van der Waals surface area contributed by atoms with E-state index in [9.17, 15) is 4.79 Å². The maximum absolute atomic E-state index is 11.8. The summed E-state index contributed by atoms with van der Waals surface area (Å²) in [4.78, 5) is 17.4. The van der Waals surface area contributed by atoms with Crippen molar-refractivity contribution in [2.75, 3.05) is 11.9 Å². The summed E-state index contributed by atoms with van der Waals surface area (Å²) in [5.41, 5.74) is 8.97.